The van der Waals surface area contributed by atoms with Crippen LogP contribution < -0.4 is 5.56 Å². The molecule has 2 heterocycles. The maximum Gasteiger partial charge on any atom is 0.339 e. The molecule has 0 spiro atoms. The molecule has 0 amide bonds. The summed E-state index contributed by atoms with van der Waals surface area (Å²) in [5, 5.41) is 0.533. The zero-order valence-electron chi connectivity index (χ0n) is 17.0. The predicted molar refractivity (Wildman–Crippen MR) is 113 cm³/mol. The SMILES string of the molecule is CCn1c(SC(C)C(=O)c2[nH]c(C)c(C(=O)OC)c2C)nc2ccccc2c1=O. The van der Waals surface area contributed by atoms with Crippen molar-refractivity contribution in [3.05, 3.63) is 57.1 Å². The summed E-state index contributed by atoms with van der Waals surface area (Å²) in [4.78, 5) is 45.5. The molecule has 1 aromatic carbocycles. The monoisotopic (exact) mass is 413 g/mol. The standard InChI is InChI=1S/C21H23N3O4S/c1-6-24-19(26)14-9-7-8-10-15(14)23-21(24)29-13(4)18(25)17-11(2)16(12(3)22-17)20(27)28-5/h7-10,13,22H,6H2,1-5H3. The molecular weight excluding hydrogens is 390 g/mol. The van der Waals surface area contributed by atoms with E-state index in [1.807, 2.05) is 13.0 Å². The molecule has 7 nitrogen and oxygen atoms in total. The van der Waals surface area contributed by atoms with E-state index in [-0.39, 0.29) is 11.3 Å². The van der Waals surface area contributed by atoms with Crippen molar-refractivity contribution < 1.29 is 14.3 Å². The second-order valence-corrected chi connectivity index (χ2v) is 8.01. The van der Waals surface area contributed by atoms with Crippen molar-refractivity contribution in [1.82, 2.24) is 14.5 Å². The molecule has 1 unspecified atom stereocenters. The van der Waals surface area contributed by atoms with Crippen LogP contribution in [0.2, 0.25) is 0 Å². The number of ketones is 1. The number of benzene rings is 1. The van der Waals surface area contributed by atoms with E-state index in [0.29, 0.717) is 45.1 Å². The molecule has 0 aliphatic heterocycles. The van der Waals surface area contributed by atoms with Crippen LogP contribution in [0.5, 0.6) is 0 Å². The predicted octanol–water partition coefficient (Wildman–Crippen LogP) is 3.51. The van der Waals surface area contributed by atoms with Crippen molar-refractivity contribution in [2.24, 2.45) is 0 Å². The number of methoxy groups -OCH3 is 1. The quantitative estimate of drug-likeness (QED) is 0.288. The first-order valence-electron chi connectivity index (χ1n) is 9.28. The van der Waals surface area contributed by atoms with Crippen molar-refractivity contribution in [1.29, 1.82) is 0 Å². The smallest absolute Gasteiger partial charge is 0.339 e. The average Bonchev–Trinajstić information content (AvgIpc) is 3.01. The van der Waals surface area contributed by atoms with Gasteiger partial charge in [-0.05, 0) is 45.4 Å². The highest BCUT2D eigenvalue weighted by molar-refractivity contribution is 8.00. The minimum absolute atomic E-state index is 0.125. The first-order valence-corrected chi connectivity index (χ1v) is 10.2. The number of fused-ring (bicyclic) bond motifs is 1. The third-order valence-electron chi connectivity index (χ3n) is 4.87. The molecule has 0 radical (unpaired) electrons. The summed E-state index contributed by atoms with van der Waals surface area (Å²) in [6.07, 6.45) is 0. The van der Waals surface area contributed by atoms with Gasteiger partial charge in [-0.15, -0.1) is 0 Å². The van der Waals surface area contributed by atoms with Crippen LogP contribution in [-0.4, -0.2) is 38.6 Å². The van der Waals surface area contributed by atoms with Gasteiger partial charge >= 0.3 is 5.97 Å². The number of nitrogens with zero attached hydrogens (tertiary/aromatic N) is 2. The van der Waals surface area contributed by atoms with Gasteiger partial charge in [-0.3, -0.25) is 14.2 Å². The van der Waals surface area contributed by atoms with Crippen molar-refractivity contribution in [2.45, 2.75) is 44.6 Å². The van der Waals surface area contributed by atoms with Gasteiger partial charge in [0.05, 0.1) is 34.5 Å². The summed E-state index contributed by atoms with van der Waals surface area (Å²) in [5.74, 6) is -0.651. The molecule has 0 bridgehead atoms. The van der Waals surface area contributed by atoms with Crippen molar-refractivity contribution in [3.63, 3.8) is 0 Å². The van der Waals surface area contributed by atoms with E-state index in [1.54, 1.807) is 43.5 Å². The van der Waals surface area contributed by atoms with Gasteiger partial charge < -0.3 is 9.72 Å². The summed E-state index contributed by atoms with van der Waals surface area (Å²) < 4.78 is 6.38. The van der Waals surface area contributed by atoms with Crippen molar-refractivity contribution in [2.75, 3.05) is 7.11 Å². The first-order chi connectivity index (χ1) is 13.8. The highest BCUT2D eigenvalue weighted by Crippen LogP contribution is 2.27. The molecule has 8 heteroatoms. The van der Waals surface area contributed by atoms with Gasteiger partial charge in [0.15, 0.2) is 10.9 Å². The lowest BCUT2D eigenvalue weighted by Gasteiger charge is -2.14. The number of aromatic amines is 1. The van der Waals surface area contributed by atoms with Crippen LogP contribution in [-0.2, 0) is 11.3 Å². The van der Waals surface area contributed by atoms with Gasteiger partial charge in [0.1, 0.15) is 0 Å². The Morgan fingerprint density at radius 3 is 2.62 bits per heavy atom. The molecule has 0 saturated carbocycles. The number of H-pyrrole nitrogens is 1. The van der Waals surface area contributed by atoms with E-state index < -0.39 is 11.2 Å². The first kappa shape index (κ1) is 20.9. The molecule has 3 rings (SSSR count). The number of para-hydroxylation sites is 1. The summed E-state index contributed by atoms with van der Waals surface area (Å²) in [6.45, 7) is 7.54. The number of hydrogen-bond acceptors (Lipinski definition) is 6. The fraction of sp³-hybridized carbons (Fsp3) is 0.333. The number of carbonyl (C=O) groups is 2. The number of ether oxygens (including phenoxy) is 1. The topological polar surface area (TPSA) is 94.1 Å². The van der Waals surface area contributed by atoms with E-state index in [4.69, 9.17) is 4.74 Å². The second kappa shape index (κ2) is 8.24. The van der Waals surface area contributed by atoms with Crippen LogP contribution in [0.3, 0.4) is 0 Å². The molecule has 152 valence electrons. The third kappa shape index (κ3) is 3.72. The van der Waals surface area contributed by atoms with E-state index in [0.717, 1.165) is 0 Å². The number of carbonyl (C=O) groups excluding carboxylic acids is 2. The molecule has 2 aromatic heterocycles. The Labute approximate surface area is 172 Å². The van der Waals surface area contributed by atoms with Crippen LogP contribution in [0.25, 0.3) is 10.9 Å². The lowest BCUT2D eigenvalue weighted by Crippen LogP contribution is -2.24. The Bertz CT molecular complexity index is 1160. The summed E-state index contributed by atoms with van der Waals surface area (Å²) in [5.41, 5.74) is 2.37. The van der Waals surface area contributed by atoms with Gasteiger partial charge in [-0.1, -0.05) is 23.9 Å². The van der Waals surface area contributed by atoms with Gasteiger partial charge in [-0.25, -0.2) is 9.78 Å². The van der Waals surface area contributed by atoms with Crippen molar-refractivity contribution >= 4 is 34.4 Å². The molecule has 1 N–H and O–H groups in total. The number of esters is 1. The Kier molecular flexibility index (Phi) is 5.93. The minimum atomic E-state index is -0.511. The highest BCUT2D eigenvalue weighted by atomic mass is 32.2. The van der Waals surface area contributed by atoms with Crippen molar-refractivity contribution in [3.8, 4) is 0 Å². The fourth-order valence-electron chi connectivity index (χ4n) is 3.34. The van der Waals surface area contributed by atoms with E-state index in [2.05, 4.69) is 9.97 Å². The molecule has 0 saturated heterocycles. The molecule has 0 aliphatic rings. The maximum atomic E-state index is 13.1. The van der Waals surface area contributed by atoms with Crippen LogP contribution in [0.15, 0.2) is 34.2 Å². The van der Waals surface area contributed by atoms with Gasteiger partial charge in [0, 0.05) is 12.2 Å². The number of aromatic nitrogens is 3. The number of hydrogen-bond donors (Lipinski definition) is 1. The maximum absolute atomic E-state index is 13.1. The van der Waals surface area contributed by atoms with Crippen LogP contribution in [0, 0.1) is 13.8 Å². The van der Waals surface area contributed by atoms with Gasteiger partial charge in [0.25, 0.3) is 5.56 Å². The second-order valence-electron chi connectivity index (χ2n) is 6.70. The van der Waals surface area contributed by atoms with Crippen LogP contribution in [0.1, 0.15) is 46.0 Å². The molecule has 0 fully saturated rings. The number of aryl methyl sites for hydroxylation is 1. The Hall–Kier alpha value is -2.87. The number of Topliss-reactive ketones (excluding diaryl/α,β-unsaturated/α-hetero) is 1. The van der Waals surface area contributed by atoms with Crippen LogP contribution >= 0.6 is 11.8 Å². The Morgan fingerprint density at radius 2 is 1.97 bits per heavy atom. The summed E-state index contributed by atoms with van der Waals surface area (Å²) >= 11 is 1.23. The minimum Gasteiger partial charge on any atom is -0.465 e. The van der Waals surface area contributed by atoms with Crippen LogP contribution in [0.4, 0.5) is 0 Å². The van der Waals surface area contributed by atoms with Gasteiger partial charge in [-0.2, -0.15) is 0 Å². The summed E-state index contributed by atoms with van der Waals surface area (Å²) in [6, 6.07) is 7.17. The Morgan fingerprint density at radius 1 is 1.28 bits per heavy atom. The number of rotatable bonds is 6. The van der Waals surface area contributed by atoms with E-state index in [9.17, 15) is 14.4 Å². The normalized spacial score (nSPS) is 12.2. The van der Waals surface area contributed by atoms with Gasteiger partial charge in [0.2, 0.25) is 0 Å². The molecule has 0 aliphatic carbocycles. The lowest BCUT2D eigenvalue weighted by atomic mass is 10.1. The zero-order valence-corrected chi connectivity index (χ0v) is 17.8. The molecular formula is C21H23N3O4S. The Balaban J connectivity index is 1.97. The van der Waals surface area contributed by atoms with E-state index >= 15 is 0 Å². The molecule has 1 atom stereocenters. The summed E-state index contributed by atoms with van der Waals surface area (Å²) in [7, 11) is 1.31. The molecule has 3 aromatic rings. The number of thioether (sulfide) groups is 1. The third-order valence-corrected chi connectivity index (χ3v) is 5.96. The average molecular weight is 413 g/mol. The highest BCUT2D eigenvalue weighted by Gasteiger charge is 2.27. The fourth-order valence-corrected chi connectivity index (χ4v) is 4.37. The molecule has 29 heavy (non-hydrogen) atoms. The van der Waals surface area contributed by atoms with E-state index in [1.165, 1.54) is 18.9 Å². The number of nitrogens with one attached hydrogen (secondary N) is 1. The lowest BCUT2D eigenvalue weighted by molar-refractivity contribution is 0.0599. The largest absolute Gasteiger partial charge is 0.465 e. The zero-order chi connectivity index (χ0) is 21.3.